The van der Waals surface area contributed by atoms with Crippen molar-refractivity contribution >= 4 is 55.6 Å². The van der Waals surface area contributed by atoms with Crippen LogP contribution in [0.25, 0.3) is 11.3 Å². The number of amides is 1. The van der Waals surface area contributed by atoms with Gasteiger partial charge >= 0.3 is 0 Å². The molecule has 1 heterocycles. The van der Waals surface area contributed by atoms with Gasteiger partial charge in [-0.1, -0.05) is 0 Å². The zero-order valence-electron chi connectivity index (χ0n) is 15.7. The third-order valence-electron chi connectivity index (χ3n) is 3.83. The lowest BCUT2D eigenvalue weighted by atomic mass is 10.2. The average molecular weight is 492 g/mol. The van der Waals surface area contributed by atoms with Crippen molar-refractivity contribution in [2.45, 2.75) is 6.92 Å². The summed E-state index contributed by atoms with van der Waals surface area (Å²) in [6.07, 6.45) is 0. The van der Waals surface area contributed by atoms with Gasteiger partial charge in [0.2, 0.25) is 0 Å². The molecule has 2 N–H and O–H groups in total. The van der Waals surface area contributed by atoms with Crippen molar-refractivity contribution in [3.05, 3.63) is 57.9 Å². The predicted molar refractivity (Wildman–Crippen MR) is 123 cm³/mol. The molecule has 1 amide bonds. The fourth-order valence-corrected chi connectivity index (χ4v) is 3.92. The van der Waals surface area contributed by atoms with Crippen molar-refractivity contribution in [1.82, 2.24) is 10.3 Å². The van der Waals surface area contributed by atoms with E-state index in [4.69, 9.17) is 21.7 Å². The second-order valence-electron chi connectivity index (χ2n) is 5.75. The molecule has 0 fully saturated rings. The number of carbonyl (C=O) groups is 1. The Morgan fingerprint density at radius 2 is 2.00 bits per heavy atom. The van der Waals surface area contributed by atoms with Gasteiger partial charge in [-0.05, 0) is 77.5 Å². The Kier molecular flexibility index (Phi) is 7.18. The molecule has 2 aromatic carbocycles. The summed E-state index contributed by atoms with van der Waals surface area (Å²) in [5.41, 5.74) is 2.23. The monoisotopic (exact) mass is 491 g/mol. The van der Waals surface area contributed by atoms with Crippen molar-refractivity contribution in [1.29, 1.82) is 0 Å². The average Bonchev–Trinajstić information content (AvgIpc) is 3.18. The fourth-order valence-electron chi connectivity index (χ4n) is 2.44. The number of hydrogen-bond donors (Lipinski definition) is 2. The first-order valence-corrected chi connectivity index (χ1v) is 10.7. The number of aromatic nitrogens is 1. The number of carbonyl (C=O) groups excluding carboxylic acids is 1. The van der Waals surface area contributed by atoms with Gasteiger partial charge in [-0.3, -0.25) is 10.1 Å². The lowest BCUT2D eigenvalue weighted by Crippen LogP contribution is -2.34. The molecule has 29 heavy (non-hydrogen) atoms. The van der Waals surface area contributed by atoms with Crippen LogP contribution in [-0.2, 0) is 0 Å². The Bertz CT molecular complexity index is 1020. The molecule has 0 saturated heterocycles. The second kappa shape index (κ2) is 9.82. The van der Waals surface area contributed by atoms with Crippen LogP contribution in [-0.4, -0.2) is 29.7 Å². The maximum absolute atomic E-state index is 12.4. The largest absolute Gasteiger partial charge is 0.497 e. The minimum atomic E-state index is -0.321. The van der Waals surface area contributed by atoms with Crippen LogP contribution in [0.5, 0.6) is 11.5 Å². The molecular weight excluding hydrogens is 474 g/mol. The van der Waals surface area contributed by atoms with Crippen LogP contribution < -0.4 is 20.1 Å². The summed E-state index contributed by atoms with van der Waals surface area (Å²) in [6.45, 7) is 2.44. The Hall–Kier alpha value is -2.49. The number of thiazole rings is 1. The standard InChI is InChI=1S/C20H18BrN3O3S2/c1-3-27-17-9-6-13(10-15(17)21)18(25)23-19(28)24-20-22-16(11-29-20)12-4-7-14(26-2)8-5-12/h4-11H,3H2,1-2H3,(H2,22,23,24,25,28). The molecule has 9 heteroatoms. The molecule has 0 aliphatic heterocycles. The van der Waals surface area contributed by atoms with E-state index in [2.05, 4.69) is 31.5 Å². The lowest BCUT2D eigenvalue weighted by molar-refractivity contribution is 0.0977. The van der Waals surface area contributed by atoms with Gasteiger partial charge in [-0.15, -0.1) is 11.3 Å². The summed E-state index contributed by atoms with van der Waals surface area (Å²) < 4.78 is 11.3. The third kappa shape index (κ3) is 5.53. The van der Waals surface area contributed by atoms with E-state index in [0.29, 0.717) is 27.5 Å². The molecule has 0 saturated carbocycles. The number of nitrogens with one attached hydrogen (secondary N) is 2. The molecule has 0 unspecified atom stereocenters. The summed E-state index contributed by atoms with van der Waals surface area (Å²) in [5, 5.41) is 8.29. The van der Waals surface area contributed by atoms with Crippen LogP contribution >= 0.6 is 39.5 Å². The molecule has 3 rings (SSSR count). The molecule has 0 spiro atoms. The third-order valence-corrected chi connectivity index (χ3v) is 5.41. The minimum Gasteiger partial charge on any atom is -0.497 e. The van der Waals surface area contributed by atoms with Crippen LogP contribution in [0.15, 0.2) is 52.3 Å². The first-order valence-electron chi connectivity index (χ1n) is 8.64. The van der Waals surface area contributed by atoms with E-state index < -0.39 is 0 Å². The Labute approximate surface area is 186 Å². The molecule has 0 aliphatic carbocycles. The molecule has 0 radical (unpaired) electrons. The van der Waals surface area contributed by atoms with E-state index in [1.54, 1.807) is 25.3 Å². The molecule has 6 nitrogen and oxygen atoms in total. The molecular formula is C20H18BrN3O3S2. The molecule has 1 aromatic heterocycles. The van der Waals surface area contributed by atoms with Crippen molar-refractivity contribution in [3.8, 4) is 22.8 Å². The minimum absolute atomic E-state index is 0.177. The highest BCUT2D eigenvalue weighted by atomic mass is 79.9. The van der Waals surface area contributed by atoms with Gasteiger partial charge in [0.05, 0.1) is 23.9 Å². The van der Waals surface area contributed by atoms with E-state index in [-0.39, 0.29) is 11.0 Å². The first-order chi connectivity index (χ1) is 14.0. The highest BCUT2D eigenvalue weighted by Crippen LogP contribution is 2.27. The summed E-state index contributed by atoms with van der Waals surface area (Å²) in [5.74, 6) is 1.14. The smallest absolute Gasteiger partial charge is 0.257 e. The number of thiocarbonyl (C=S) groups is 1. The van der Waals surface area contributed by atoms with Gasteiger partial charge < -0.3 is 14.8 Å². The highest BCUT2D eigenvalue weighted by molar-refractivity contribution is 9.10. The van der Waals surface area contributed by atoms with Crippen LogP contribution in [0.2, 0.25) is 0 Å². The predicted octanol–water partition coefficient (Wildman–Crippen LogP) is 5.11. The van der Waals surface area contributed by atoms with Crippen LogP contribution in [0.4, 0.5) is 5.13 Å². The summed E-state index contributed by atoms with van der Waals surface area (Å²) in [4.78, 5) is 16.9. The second-order valence-corrected chi connectivity index (χ2v) is 7.87. The normalized spacial score (nSPS) is 10.3. The number of methoxy groups -OCH3 is 1. The van der Waals surface area contributed by atoms with E-state index in [0.717, 1.165) is 17.0 Å². The quantitative estimate of drug-likeness (QED) is 0.467. The zero-order valence-corrected chi connectivity index (χ0v) is 18.9. The van der Waals surface area contributed by atoms with Gasteiger partial charge in [0.15, 0.2) is 10.2 Å². The summed E-state index contributed by atoms with van der Waals surface area (Å²) in [7, 11) is 1.63. The highest BCUT2D eigenvalue weighted by Gasteiger charge is 2.12. The number of ether oxygens (including phenoxy) is 2. The van der Waals surface area contributed by atoms with E-state index in [9.17, 15) is 4.79 Å². The Morgan fingerprint density at radius 1 is 1.24 bits per heavy atom. The van der Waals surface area contributed by atoms with Gasteiger partial charge in [0, 0.05) is 16.5 Å². The molecule has 3 aromatic rings. The summed E-state index contributed by atoms with van der Waals surface area (Å²) in [6, 6.07) is 12.7. The number of benzene rings is 2. The number of nitrogens with zero attached hydrogens (tertiary/aromatic N) is 1. The van der Waals surface area contributed by atoms with Crippen LogP contribution in [0, 0.1) is 0 Å². The Morgan fingerprint density at radius 3 is 2.66 bits per heavy atom. The van der Waals surface area contributed by atoms with Crippen molar-refractivity contribution in [2.24, 2.45) is 0 Å². The number of halogens is 1. The van der Waals surface area contributed by atoms with E-state index in [1.807, 2.05) is 36.6 Å². The van der Waals surface area contributed by atoms with Crippen molar-refractivity contribution in [3.63, 3.8) is 0 Å². The Balaban J connectivity index is 1.61. The maximum Gasteiger partial charge on any atom is 0.257 e. The molecule has 0 atom stereocenters. The van der Waals surface area contributed by atoms with Crippen molar-refractivity contribution < 1.29 is 14.3 Å². The molecule has 0 aliphatic rings. The maximum atomic E-state index is 12.4. The lowest BCUT2D eigenvalue weighted by Gasteiger charge is -2.09. The van der Waals surface area contributed by atoms with Crippen LogP contribution in [0.3, 0.4) is 0 Å². The fraction of sp³-hybridized carbons (Fsp3) is 0.150. The van der Waals surface area contributed by atoms with Gasteiger partial charge in [0.1, 0.15) is 11.5 Å². The number of anilines is 1. The van der Waals surface area contributed by atoms with Crippen LogP contribution in [0.1, 0.15) is 17.3 Å². The topological polar surface area (TPSA) is 72.5 Å². The van der Waals surface area contributed by atoms with Crippen molar-refractivity contribution in [2.75, 3.05) is 19.0 Å². The van der Waals surface area contributed by atoms with Gasteiger partial charge in [-0.2, -0.15) is 0 Å². The molecule has 150 valence electrons. The van der Waals surface area contributed by atoms with E-state index in [1.165, 1.54) is 11.3 Å². The van der Waals surface area contributed by atoms with E-state index >= 15 is 0 Å². The number of hydrogen-bond acceptors (Lipinski definition) is 6. The zero-order chi connectivity index (χ0) is 20.8. The summed E-state index contributed by atoms with van der Waals surface area (Å²) >= 11 is 10.0. The van der Waals surface area contributed by atoms with Gasteiger partial charge in [-0.25, -0.2) is 4.98 Å². The first kappa shape index (κ1) is 21.2. The molecule has 0 bridgehead atoms. The SMILES string of the molecule is CCOc1ccc(C(=O)NC(=S)Nc2nc(-c3ccc(OC)cc3)cs2)cc1Br. The number of rotatable bonds is 6. The van der Waals surface area contributed by atoms with Gasteiger partial charge in [0.25, 0.3) is 5.91 Å².